The number of fused-ring (bicyclic) bond motifs is 1. The molecule has 1 heterocycles. The van der Waals surface area contributed by atoms with Crippen LogP contribution in [-0.2, 0) is 9.53 Å². The Bertz CT molecular complexity index is 568. The number of methoxy groups -OCH3 is 1. The lowest BCUT2D eigenvalue weighted by Gasteiger charge is -2.21. The molecule has 0 saturated carbocycles. The van der Waals surface area contributed by atoms with Gasteiger partial charge >= 0.3 is 11.6 Å². The molecule has 0 aliphatic carbocycles. The van der Waals surface area contributed by atoms with E-state index in [2.05, 4.69) is 4.74 Å². The maximum atomic E-state index is 12.2. The molecule has 2 rings (SSSR count). The van der Waals surface area contributed by atoms with Crippen LogP contribution in [0.25, 0.3) is 0 Å². The summed E-state index contributed by atoms with van der Waals surface area (Å²) in [5.41, 5.74) is -1.29. The molecule has 1 aromatic rings. The van der Waals surface area contributed by atoms with Crippen molar-refractivity contribution in [2.24, 2.45) is 0 Å². The van der Waals surface area contributed by atoms with Crippen molar-refractivity contribution in [1.82, 2.24) is 9.48 Å². The Morgan fingerprint density at radius 1 is 1.28 bits per heavy atom. The van der Waals surface area contributed by atoms with Gasteiger partial charge in [0.1, 0.15) is 0 Å². The van der Waals surface area contributed by atoms with Crippen molar-refractivity contribution in [3.05, 3.63) is 45.4 Å². The van der Waals surface area contributed by atoms with Crippen molar-refractivity contribution in [3.8, 4) is 0 Å². The number of ether oxygens (including phenoxy) is 1. The topological polar surface area (TPSA) is 78.4 Å². The summed E-state index contributed by atoms with van der Waals surface area (Å²) >= 11 is 0. The SMILES string of the molecule is COC(=O)CCC1(C)[N+]([O-])=c2ccccc2=[N+]1[O-]. The molecule has 1 aliphatic rings. The van der Waals surface area contributed by atoms with Gasteiger partial charge in [0.2, 0.25) is 0 Å². The van der Waals surface area contributed by atoms with Crippen LogP contribution in [0.3, 0.4) is 0 Å². The van der Waals surface area contributed by atoms with E-state index in [1.165, 1.54) is 14.0 Å². The first-order valence-corrected chi connectivity index (χ1v) is 5.61. The second kappa shape index (κ2) is 4.29. The predicted octanol–water partition coefficient (Wildman–Crippen LogP) is -0.653. The average molecular weight is 250 g/mol. The summed E-state index contributed by atoms with van der Waals surface area (Å²) in [7, 11) is 1.28. The standard InChI is InChI=1S/C12H14N2O4/c1-12(8-7-11(15)18-2)13(16)9-5-3-4-6-10(9)14(12)17/h3-6H,7-8H2,1-2H3. The zero-order valence-electron chi connectivity index (χ0n) is 10.3. The van der Waals surface area contributed by atoms with Crippen LogP contribution >= 0.6 is 0 Å². The van der Waals surface area contributed by atoms with Crippen LogP contribution in [0.15, 0.2) is 24.3 Å². The fourth-order valence-electron chi connectivity index (χ4n) is 2.05. The van der Waals surface area contributed by atoms with Crippen LogP contribution in [0, 0.1) is 10.4 Å². The van der Waals surface area contributed by atoms with Gasteiger partial charge in [0, 0.05) is 12.1 Å². The summed E-state index contributed by atoms with van der Waals surface area (Å²) in [6, 6.07) is 6.58. The van der Waals surface area contributed by atoms with Crippen molar-refractivity contribution >= 4 is 5.97 Å². The number of nitrogens with zero attached hydrogens (tertiary/aromatic N) is 2. The Morgan fingerprint density at radius 3 is 2.22 bits per heavy atom. The number of hydroxylamine groups is 2. The Kier molecular flexibility index (Phi) is 2.94. The van der Waals surface area contributed by atoms with Crippen LogP contribution in [0.1, 0.15) is 19.8 Å². The molecule has 0 fully saturated rings. The Balaban J connectivity index is 2.43. The summed E-state index contributed by atoms with van der Waals surface area (Å²) in [6.07, 6.45) is 0.139. The van der Waals surface area contributed by atoms with E-state index in [1.54, 1.807) is 24.3 Å². The molecule has 0 atom stereocenters. The first-order chi connectivity index (χ1) is 8.50. The van der Waals surface area contributed by atoms with Gasteiger partial charge in [-0.15, -0.1) is 9.48 Å². The van der Waals surface area contributed by atoms with E-state index in [4.69, 9.17) is 0 Å². The number of carbonyl (C=O) groups is 1. The molecule has 0 aromatic heterocycles. The second-order valence-electron chi connectivity index (χ2n) is 4.37. The van der Waals surface area contributed by atoms with Gasteiger partial charge in [-0.05, 0) is 0 Å². The zero-order chi connectivity index (χ0) is 13.3. The van der Waals surface area contributed by atoms with E-state index >= 15 is 0 Å². The van der Waals surface area contributed by atoms with Crippen LogP contribution in [0.2, 0.25) is 0 Å². The van der Waals surface area contributed by atoms with Gasteiger partial charge in [-0.2, -0.15) is 0 Å². The third-order valence-electron chi connectivity index (χ3n) is 3.22. The summed E-state index contributed by atoms with van der Waals surface area (Å²) in [6.45, 7) is 1.52. The minimum absolute atomic E-state index is 0.0263. The van der Waals surface area contributed by atoms with E-state index in [1.807, 2.05) is 0 Å². The number of benzene rings is 1. The molecule has 6 heteroatoms. The third-order valence-corrected chi connectivity index (χ3v) is 3.22. The van der Waals surface area contributed by atoms with Gasteiger partial charge in [0.25, 0.3) is 10.7 Å². The van der Waals surface area contributed by atoms with Gasteiger partial charge in [0.15, 0.2) is 0 Å². The normalized spacial score (nSPS) is 16.6. The average Bonchev–Trinajstić information content (AvgIpc) is 2.59. The lowest BCUT2D eigenvalue weighted by Crippen LogP contribution is -2.49. The monoisotopic (exact) mass is 250 g/mol. The molecule has 0 radical (unpaired) electrons. The molecule has 96 valence electrons. The molecule has 0 amide bonds. The minimum Gasteiger partial charge on any atom is -0.618 e. The summed E-state index contributed by atoms with van der Waals surface area (Å²) < 4.78 is 5.85. The van der Waals surface area contributed by atoms with E-state index in [0.717, 1.165) is 0 Å². The molecule has 18 heavy (non-hydrogen) atoms. The maximum absolute atomic E-state index is 12.2. The summed E-state index contributed by atoms with van der Waals surface area (Å²) in [5.74, 6) is -0.436. The maximum Gasteiger partial charge on any atom is 0.369 e. The van der Waals surface area contributed by atoms with Gasteiger partial charge in [0.05, 0.1) is 26.9 Å². The lowest BCUT2D eigenvalue weighted by molar-refractivity contribution is -0.141. The van der Waals surface area contributed by atoms with Crippen LogP contribution in [0.5, 0.6) is 0 Å². The van der Waals surface area contributed by atoms with Crippen LogP contribution in [0.4, 0.5) is 0 Å². The second-order valence-corrected chi connectivity index (χ2v) is 4.37. The van der Waals surface area contributed by atoms with E-state index in [9.17, 15) is 15.2 Å². The first-order valence-electron chi connectivity index (χ1n) is 5.61. The minimum atomic E-state index is -1.29. The molecule has 0 N–H and O–H groups in total. The number of hydrogen-bond acceptors (Lipinski definition) is 4. The fourth-order valence-corrected chi connectivity index (χ4v) is 2.05. The predicted molar refractivity (Wildman–Crippen MR) is 64.6 cm³/mol. The Labute approximate surface area is 104 Å². The fraction of sp³-hybridized carbons (Fsp3) is 0.417. The largest absolute Gasteiger partial charge is 0.618 e. The van der Waals surface area contributed by atoms with Crippen molar-refractivity contribution in [3.63, 3.8) is 0 Å². The Hall–Kier alpha value is -2.11. The molecular formula is C12H14N2O4. The quantitative estimate of drug-likeness (QED) is 0.405. The molecule has 6 nitrogen and oxygen atoms in total. The van der Waals surface area contributed by atoms with E-state index in [-0.39, 0.29) is 12.8 Å². The number of esters is 1. The van der Waals surface area contributed by atoms with E-state index in [0.29, 0.717) is 20.2 Å². The molecule has 1 aliphatic heterocycles. The third kappa shape index (κ3) is 1.70. The molecule has 1 aromatic carbocycles. The highest BCUT2D eigenvalue weighted by Crippen LogP contribution is 2.16. The Morgan fingerprint density at radius 2 is 1.78 bits per heavy atom. The molecular weight excluding hydrogens is 236 g/mol. The highest BCUT2D eigenvalue weighted by atomic mass is 16.5. The highest BCUT2D eigenvalue weighted by molar-refractivity contribution is 5.69. The van der Waals surface area contributed by atoms with Gasteiger partial charge < -0.3 is 15.2 Å². The number of carbonyl (C=O) groups excluding carboxylic acids is 1. The number of hydrogen-bond donors (Lipinski definition) is 0. The molecule has 0 unspecified atom stereocenters. The smallest absolute Gasteiger partial charge is 0.369 e. The van der Waals surface area contributed by atoms with Crippen molar-refractivity contribution in [1.29, 1.82) is 0 Å². The molecule has 0 spiro atoms. The lowest BCUT2D eigenvalue weighted by atomic mass is 10.1. The molecule has 0 bridgehead atoms. The number of rotatable bonds is 3. The van der Waals surface area contributed by atoms with Gasteiger partial charge in [-0.1, -0.05) is 12.1 Å². The van der Waals surface area contributed by atoms with Crippen molar-refractivity contribution in [2.75, 3.05) is 7.11 Å². The highest BCUT2D eigenvalue weighted by Gasteiger charge is 2.47. The zero-order valence-corrected chi connectivity index (χ0v) is 10.3. The van der Waals surface area contributed by atoms with Crippen LogP contribution in [-0.4, -0.2) is 18.7 Å². The first kappa shape index (κ1) is 12.3. The molecule has 0 saturated heterocycles. The van der Waals surface area contributed by atoms with Gasteiger partial charge in [-0.25, -0.2) is 0 Å². The van der Waals surface area contributed by atoms with Gasteiger partial charge in [-0.3, -0.25) is 4.79 Å². The van der Waals surface area contributed by atoms with Crippen molar-refractivity contribution < 1.29 is 9.53 Å². The number of para-hydroxylation sites is 2. The van der Waals surface area contributed by atoms with Crippen molar-refractivity contribution in [2.45, 2.75) is 25.4 Å². The van der Waals surface area contributed by atoms with E-state index < -0.39 is 11.6 Å². The summed E-state index contributed by atoms with van der Waals surface area (Å²) in [4.78, 5) is 11.1. The van der Waals surface area contributed by atoms with Crippen LogP contribution < -0.4 is 20.2 Å². The summed E-state index contributed by atoms with van der Waals surface area (Å²) in [5, 5.41) is 25.0.